The van der Waals surface area contributed by atoms with Gasteiger partial charge in [0, 0.05) is 12.8 Å². The zero-order valence-electron chi connectivity index (χ0n) is 23.0. The number of hydrogen-bond donors (Lipinski definition) is 0. The van der Waals surface area contributed by atoms with Gasteiger partial charge in [-0.2, -0.15) is 11.8 Å². The van der Waals surface area contributed by atoms with Gasteiger partial charge >= 0.3 is 5.97 Å². The average Bonchev–Trinajstić information content (AvgIpc) is 3.71. The number of aromatic nitrogens is 1. The van der Waals surface area contributed by atoms with Gasteiger partial charge in [0.15, 0.2) is 0 Å². The molecule has 1 aliphatic carbocycles. The van der Waals surface area contributed by atoms with E-state index in [1.165, 1.54) is 48.0 Å². The summed E-state index contributed by atoms with van der Waals surface area (Å²) in [7, 11) is 0. The van der Waals surface area contributed by atoms with Crippen molar-refractivity contribution in [3.8, 4) is 0 Å². The number of pyridine rings is 1. The van der Waals surface area contributed by atoms with E-state index in [9.17, 15) is 4.79 Å². The SMILES string of the molecule is CC(=O)OC(C)(C)c1ccccc1[C@H](CCSCC1CC1)c1cccc(/C=C/c2ccc3sc(Cl)c(Cl)c3n2)c1. The molecule has 2 aromatic carbocycles. The second-order valence-corrected chi connectivity index (χ2v) is 14.0. The molecule has 0 bridgehead atoms. The molecule has 1 atom stereocenters. The molecule has 3 nitrogen and oxygen atoms in total. The molecule has 0 amide bonds. The molecule has 2 aromatic heterocycles. The van der Waals surface area contributed by atoms with Crippen molar-refractivity contribution < 1.29 is 9.53 Å². The predicted octanol–water partition coefficient (Wildman–Crippen LogP) is 10.2. The van der Waals surface area contributed by atoms with Crippen molar-refractivity contribution in [1.29, 1.82) is 0 Å². The summed E-state index contributed by atoms with van der Waals surface area (Å²) in [5.41, 5.74) is 5.44. The molecule has 5 rings (SSSR count). The van der Waals surface area contributed by atoms with E-state index in [-0.39, 0.29) is 11.9 Å². The molecule has 0 unspecified atom stereocenters. The molecular weight excluding hydrogens is 577 g/mol. The number of halogens is 2. The standard InChI is InChI=1S/C33H33Cl2NO2S2/c1-21(37)38-33(2,3)28-10-5-4-9-27(28)26(17-18-39-20-23-11-12-23)24-8-6-7-22(19-24)13-14-25-15-16-29-31(36-25)30(34)32(35)40-29/h4-10,13-16,19,23,26H,11-12,17-18,20H2,1-3H3/b14-13+/t26-/m1/s1. The number of esters is 1. The summed E-state index contributed by atoms with van der Waals surface area (Å²) in [5, 5.41) is 0.511. The molecule has 4 aromatic rings. The maximum absolute atomic E-state index is 11.9. The lowest BCUT2D eigenvalue weighted by atomic mass is 9.81. The van der Waals surface area contributed by atoms with Crippen LogP contribution in [0.2, 0.25) is 9.36 Å². The number of thioether (sulfide) groups is 1. The van der Waals surface area contributed by atoms with Crippen LogP contribution in [0.5, 0.6) is 0 Å². The number of nitrogens with zero attached hydrogens (tertiary/aromatic N) is 1. The van der Waals surface area contributed by atoms with Crippen LogP contribution >= 0.6 is 46.3 Å². The third-order valence-corrected chi connectivity index (χ3v) is 10.4. The highest BCUT2D eigenvalue weighted by Crippen LogP contribution is 2.40. The van der Waals surface area contributed by atoms with Crippen LogP contribution in [0.4, 0.5) is 0 Å². The molecule has 208 valence electrons. The third-order valence-electron chi connectivity index (χ3n) is 7.20. The van der Waals surface area contributed by atoms with Crippen LogP contribution in [0.1, 0.15) is 73.9 Å². The zero-order chi connectivity index (χ0) is 28.3. The van der Waals surface area contributed by atoms with Crippen molar-refractivity contribution in [3.63, 3.8) is 0 Å². The number of carbonyl (C=O) groups is 1. The van der Waals surface area contributed by atoms with Crippen molar-refractivity contribution in [2.75, 3.05) is 11.5 Å². The van der Waals surface area contributed by atoms with Crippen molar-refractivity contribution in [2.45, 2.75) is 51.6 Å². The summed E-state index contributed by atoms with van der Waals surface area (Å²) >= 11 is 16.1. The Morgan fingerprint density at radius 3 is 2.70 bits per heavy atom. The Morgan fingerprint density at radius 1 is 1.12 bits per heavy atom. The maximum Gasteiger partial charge on any atom is 0.303 e. The Labute approximate surface area is 255 Å². The molecule has 2 heterocycles. The molecule has 0 N–H and O–H groups in total. The lowest BCUT2D eigenvalue weighted by Crippen LogP contribution is -2.26. The smallest absolute Gasteiger partial charge is 0.303 e. The van der Waals surface area contributed by atoms with Gasteiger partial charge in [0.25, 0.3) is 0 Å². The Bertz CT molecular complexity index is 1540. The van der Waals surface area contributed by atoms with Gasteiger partial charge in [0.05, 0.1) is 15.4 Å². The number of hydrogen-bond acceptors (Lipinski definition) is 5. The summed E-state index contributed by atoms with van der Waals surface area (Å²) in [6, 6.07) is 21.1. The Hall–Kier alpha value is -2.31. The van der Waals surface area contributed by atoms with Crippen molar-refractivity contribution >= 4 is 74.6 Å². The van der Waals surface area contributed by atoms with Crippen LogP contribution in [0.3, 0.4) is 0 Å². The van der Waals surface area contributed by atoms with Gasteiger partial charge < -0.3 is 4.74 Å². The second-order valence-electron chi connectivity index (χ2n) is 10.8. The van der Waals surface area contributed by atoms with E-state index in [0.29, 0.717) is 9.36 Å². The van der Waals surface area contributed by atoms with Crippen molar-refractivity contribution in [2.24, 2.45) is 5.92 Å². The lowest BCUT2D eigenvalue weighted by Gasteiger charge is -2.30. The highest BCUT2D eigenvalue weighted by molar-refractivity contribution is 7.99. The first-order chi connectivity index (χ1) is 19.2. The first-order valence-electron chi connectivity index (χ1n) is 13.6. The van der Waals surface area contributed by atoms with Gasteiger partial charge in [-0.1, -0.05) is 77.8 Å². The molecule has 1 saturated carbocycles. The predicted molar refractivity (Wildman–Crippen MR) is 173 cm³/mol. The third kappa shape index (κ3) is 7.12. The normalized spacial score (nSPS) is 14.6. The van der Waals surface area contributed by atoms with Gasteiger partial charge in [0.1, 0.15) is 15.5 Å². The van der Waals surface area contributed by atoms with E-state index >= 15 is 0 Å². The van der Waals surface area contributed by atoms with E-state index in [0.717, 1.165) is 45.1 Å². The average molecular weight is 611 g/mol. The Balaban J connectivity index is 1.45. The number of carbonyl (C=O) groups excluding carboxylic acids is 1. The number of benzene rings is 2. The van der Waals surface area contributed by atoms with E-state index in [1.54, 1.807) is 0 Å². The van der Waals surface area contributed by atoms with Gasteiger partial charge in [-0.05, 0) is 91.0 Å². The molecule has 40 heavy (non-hydrogen) atoms. The molecule has 7 heteroatoms. The summed E-state index contributed by atoms with van der Waals surface area (Å²) in [6.07, 6.45) is 7.86. The monoisotopic (exact) mass is 609 g/mol. The summed E-state index contributed by atoms with van der Waals surface area (Å²) in [6.45, 7) is 5.42. The minimum Gasteiger partial charge on any atom is -0.455 e. The summed E-state index contributed by atoms with van der Waals surface area (Å²) in [5.74, 6) is 3.12. The molecule has 0 saturated heterocycles. The number of rotatable bonds is 11. The maximum atomic E-state index is 11.9. The van der Waals surface area contributed by atoms with Crippen LogP contribution in [-0.2, 0) is 15.1 Å². The minimum absolute atomic E-state index is 0.173. The van der Waals surface area contributed by atoms with Gasteiger partial charge in [-0.15, -0.1) is 11.3 Å². The van der Waals surface area contributed by atoms with Crippen molar-refractivity contribution in [1.82, 2.24) is 4.98 Å². The molecule has 1 aliphatic rings. The largest absolute Gasteiger partial charge is 0.455 e. The lowest BCUT2D eigenvalue weighted by molar-refractivity contribution is -0.154. The first-order valence-corrected chi connectivity index (χ1v) is 16.3. The van der Waals surface area contributed by atoms with E-state index < -0.39 is 5.60 Å². The fourth-order valence-electron chi connectivity index (χ4n) is 5.09. The summed E-state index contributed by atoms with van der Waals surface area (Å²) in [4.78, 5) is 16.6. The molecule has 0 aliphatic heterocycles. The fourth-order valence-corrected chi connectivity index (χ4v) is 7.74. The number of fused-ring (bicyclic) bond motifs is 1. The zero-order valence-corrected chi connectivity index (χ0v) is 26.1. The van der Waals surface area contributed by atoms with Gasteiger partial charge in [0.2, 0.25) is 0 Å². The fraction of sp³-hybridized carbons (Fsp3) is 0.333. The van der Waals surface area contributed by atoms with E-state index in [4.69, 9.17) is 32.9 Å². The van der Waals surface area contributed by atoms with E-state index in [1.807, 2.05) is 38.1 Å². The van der Waals surface area contributed by atoms with Crippen LogP contribution in [0.25, 0.3) is 22.4 Å². The van der Waals surface area contributed by atoms with Crippen LogP contribution in [0.15, 0.2) is 60.7 Å². The molecule has 0 radical (unpaired) electrons. The first kappa shape index (κ1) is 29.2. The van der Waals surface area contributed by atoms with Gasteiger partial charge in [-0.25, -0.2) is 4.98 Å². The quantitative estimate of drug-likeness (QED) is 0.125. The summed E-state index contributed by atoms with van der Waals surface area (Å²) < 4.78 is 7.33. The van der Waals surface area contributed by atoms with Crippen molar-refractivity contribution in [3.05, 3.63) is 98.0 Å². The molecule has 1 fully saturated rings. The van der Waals surface area contributed by atoms with E-state index in [2.05, 4.69) is 60.3 Å². The number of thiophene rings is 1. The highest BCUT2D eigenvalue weighted by atomic mass is 35.5. The highest BCUT2D eigenvalue weighted by Gasteiger charge is 2.30. The topological polar surface area (TPSA) is 39.2 Å². The van der Waals surface area contributed by atoms with Crippen LogP contribution in [0, 0.1) is 5.92 Å². The Morgan fingerprint density at radius 2 is 1.93 bits per heavy atom. The number of ether oxygens (including phenoxy) is 1. The Kier molecular flexibility index (Phi) is 9.26. The van der Waals surface area contributed by atoms with Crippen LogP contribution < -0.4 is 0 Å². The molecular formula is C33H33Cl2NO2S2. The van der Waals surface area contributed by atoms with Crippen LogP contribution in [-0.4, -0.2) is 22.5 Å². The minimum atomic E-state index is -0.727. The van der Waals surface area contributed by atoms with Gasteiger partial charge in [-0.3, -0.25) is 4.79 Å². The molecule has 0 spiro atoms. The second kappa shape index (κ2) is 12.7.